The van der Waals surface area contributed by atoms with Crippen molar-refractivity contribution in [2.45, 2.75) is 38.6 Å². The van der Waals surface area contributed by atoms with Crippen molar-refractivity contribution in [2.24, 2.45) is 0 Å². The van der Waals surface area contributed by atoms with Crippen LogP contribution < -0.4 is 14.8 Å². The van der Waals surface area contributed by atoms with E-state index in [4.69, 9.17) is 14.5 Å². The zero-order valence-electron chi connectivity index (χ0n) is 18.0. The second-order valence-corrected chi connectivity index (χ2v) is 7.74. The number of hydrogen-bond donors (Lipinski definition) is 1. The van der Waals surface area contributed by atoms with E-state index in [1.165, 1.54) is 23.9 Å². The molecule has 0 unspecified atom stereocenters. The first-order valence-electron chi connectivity index (χ1n) is 10.1. The molecule has 0 spiro atoms. The molecule has 7 heteroatoms. The van der Waals surface area contributed by atoms with Gasteiger partial charge in [-0.1, -0.05) is 6.07 Å². The van der Waals surface area contributed by atoms with E-state index in [9.17, 15) is 0 Å². The zero-order chi connectivity index (χ0) is 19.7. The van der Waals surface area contributed by atoms with Crippen molar-refractivity contribution in [3.05, 3.63) is 42.0 Å². The van der Waals surface area contributed by atoms with Crippen LogP contribution in [0.1, 0.15) is 44.2 Å². The van der Waals surface area contributed by atoms with E-state index in [1.807, 2.05) is 12.1 Å². The van der Waals surface area contributed by atoms with E-state index < -0.39 is 0 Å². The van der Waals surface area contributed by atoms with Gasteiger partial charge in [0.15, 0.2) is 11.5 Å². The molecule has 1 aliphatic rings. The number of fused-ring (bicyclic) bond motifs is 1. The number of nitrogens with zero attached hydrogens (tertiary/aromatic N) is 2. The molecule has 0 atom stereocenters. The molecule has 4 rings (SSSR count). The summed E-state index contributed by atoms with van der Waals surface area (Å²) < 4.78 is 13.2. The van der Waals surface area contributed by atoms with Gasteiger partial charge in [0.25, 0.3) is 0 Å². The van der Waals surface area contributed by atoms with Crippen molar-refractivity contribution >= 4 is 35.8 Å². The first-order chi connectivity index (χ1) is 13.6. The molecule has 2 heterocycles. The van der Waals surface area contributed by atoms with Gasteiger partial charge >= 0.3 is 0 Å². The lowest BCUT2D eigenvalue weighted by atomic mass is 9.90. The Morgan fingerprint density at radius 1 is 0.967 bits per heavy atom. The van der Waals surface area contributed by atoms with Crippen molar-refractivity contribution in [2.75, 3.05) is 27.3 Å². The summed E-state index contributed by atoms with van der Waals surface area (Å²) >= 11 is 0. The molecular formula is C23H31Cl2N3O2. The molecule has 3 aromatic rings. The smallest absolute Gasteiger partial charge is 0.161 e. The van der Waals surface area contributed by atoms with E-state index in [1.54, 1.807) is 14.2 Å². The van der Waals surface area contributed by atoms with Crippen LogP contribution in [0.25, 0.3) is 22.4 Å². The molecule has 1 fully saturated rings. The van der Waals surface area contributed by atoms with Crippen LogP contribution in [0, 0.1) is 0 Å². The van der Waals surface area contributed by atoms with Crippen LogP contribution in [0.3, 0.4) is 0 Å². The van der Waals surface area contributed by atoms with Crippen LogP contribution in [0.5, 0.6) is 11.5 Å². The lowest BCUT2D eigenvalue weighted by Crippen LogP contribution is -2.26. The van der Waals surface area contributed by atoms with Crippen LogP contribution in [0.15, 0.2) is 36.4 Å². The van der Waals surface area contributed by atoms with E-state index in [-0.39, 0.29) is 24.8 Å². The summed E-state index contributed by atoms with van der Waals surface area (Å²) in [5.74, 6) is 3.04. The maximum absolute atomic E-state index is 5.50. The molecule has 1 aliphatic heterocycles. The Bertz CT molecular complexity index is 982. The van der Waals surface area contributed by atoms with Crippen LogP contribution >= 0.6 is 24.8 Å². The molecule has 0 bridgehead atoms. The molecule has 2 aromatic carbocycles. The first-order valence-corrected chi connectivity index (χ1v) is 10.1. The minimum Gasteiger partial charge on any atom is -0.493 e. The Kier molecular flexibility index (Phi) is 8.42. The highest BCUT2D eigenvalue weighted by Gasteiger charge is 2.20. The van der Waals surface area contributed by atoms with Gasteiger partial charge < -0.3 is 19.4 Å². The molecule has 1 aromatic heterocycles. The number of methoxy groups -OCH3 is 2. The third-order valence-corrected chi connectivity index (χ3v) is 5.68. The van der Waals surface area contributed by atoms with Gasteiger partial charge in [0, 0.05) is 11.6 Å². The third kappa shape index (κ3) is 4.53. The Hall–Kier alpha value is -1.95. The Morgan fingerprint density at radius 2 is 1.67 bits per heavy atom. The van der Waals surface area contributed by atoms with Crippen LogP contribution in [0.4, 0.5) is 0 Å². The van der Waals surface area contributed by atoms with Gasteiger partial charge in [0.1, 0.15) is 5.82 Å². The molecular weight excluding hydrogens is 421 g/mol. The molecule has 1 saturated heterocycles. The van der Waals surface area contributed by atoms with Crippen LogP contribution in [0.2, 0.25) is 0 Å². The second kappa shape index (κ2) is 10.4. The van der Waals surface area contributed by atoms with Gasteiger partial charge in [0.2, 0.25) is 0 Å². The van der Waals surface area contributed by atoms with Crippen molar-refractivity contribution in [3.63, 3.8) is 0 Å². The normalized spacial score (nSPS) is 14.3. The second-order valence-electron chi connectivity index (χ2n) is 7.74. The Morgan fingerprint density at radius 3 is 2.30 bits per heavy atom. The minimum atomic E-state index is 0. The van der Waals surface area contributed by atoms with Gasteiger partial charge in [-0.25, -0.2) is 4.98 Å². The largest absolute Gasteiger partial charge is 0.493 e. The predicted octanol–water partition coefficient (Wildman–Crippen LogP) is 5.61. The van der Waals surface area contributed by atoms with E-state index in [0.29, 0.717) is 12.0 Å². The van der Waals surface area contributed by atoms with Crippen LogP contribution in [-0.2, 0) is 0 Å². The lowest BCUT2D eigenvalue weighted by Gasteiger charge is -2.23. The van der Waals surface area contributed by atoms with E-state index in [0.717, 1.165) is 41.5 Å². The molecule has 1 N–H and O–H groups in total. The lowest BCUT2D eigenvalue weighted by molar-refractivity contribution is 0.355. The summed E-state index contributed by atoms with van der Waals surface area (Å²) in [6, 6.07) is 13.1. The van der Waals surface area contributed by atoms with Crippen molar-refractivity contribution in [1.82, 2.24) is 14.9 Å². The average molecular weight is 452 g/mol. The summed E-state index contributed by atoms with van der Waals surface area (Å²) in [5.41, 5.74) is 4.70. The molecule has 0 radical (unpaired) electrons. The summed E-state index contributed by atoms with van der Waals surface area (Å²) in [6.07, 6.45) is 2.40. The average Bonchev–Trinajstić information content (AvgIpc) is 3.12. The topological polar surface area (TPSA) is 48.3 Å². The minimum absolute atomic E-state index is 0. The monoisotopic (exact) mass is 451 g/mol. The molecule has 0 aliphatic carbocycles. The Balaban J connectivity index is 0.00000160. The van der Waals surface area contributed by atoms with Gasteiger partial charge in [-0.3, -0.25) is 0 Å². The maximum Gasteiger partial charge on any atom is 0.161 e. The summed E-state index contributed by atoms with van der Waals surface area (Å²) in [7, 11) is 3.32. The fourth-order valence-electron chi connectivity index (χ4n) is 4.22. The summed E-state index contributed by atoms with van der Waals surface area (Å²) in [6.45, 7) is 6.62. The highest BCUT2D eigenvalue weighted by molar-refractivity contribution is 5.85. The number of piperidine rings is 1. The number of aromatic nitrogens is 2. The van der Waals surface area contributed by atoms with Crippen molar-refractivity contribution < 1.29 is 9.47 Å². The molecule has 5 nitrogen and oxygen atoms in total. The number of benzene rings is 2. The standard InChI is InChI=1S/C23H29N3O2.2ClH/c1-15(2)26-20-13-17(16-9-11-24-12-10-16)5-7-19(20)25-23(26)18-6-8-21(27-3)22(14-18)28-4;;/h5-8,13-16,24H,9-12H2,1-4H3;2*1H. The van der Waals surface area contributed by atoms with Gasteiger partial charge in [-0.15, -0.1) is 24.8 Å². The Labute approximate surface area is 191 Å². The maximum atomic E-state index is 5.50. The third-order valence-electron chi connectivity index (χ3n) is 5.68. The number of ether oxygens (including phenoxy) is 2. The highest BCUT2D eigenvalue weighted by Crippen LogP contribution is 2.36. The molecule has 164 valence electrons. The van der Waals surface area contributed by atoms with Gasteiger partial charge in [0.05, 0.1) is 25.3 Å². The zero-order valence-corrected chi connectivity index (χ0v) is 19.6. The first kappa shape index (κ1) is 24.3. The summed E-state index contributed by atoms with van der Waals surface area (Å²) in [4.78, 5) is 4.98. The van der Waals surface area contributed by atoms with Gasteiger partial charge in [-0.05, 0) is 81.6 Å². The highest BCUT2D eigenvalue weighted by atomic mass is 35.5. The number of nitrogens with one attached hydrogen (secondary N) is 1. The van der Waals surface area contributed by atoms with E-state index in [2.05, 4.69) is 48.0 Å². The van der Waals surface area contributed by atoms with Crippen molar-refractivity contribution in [3.8, 4) is 22.9 Å². The quantitative estimate of drug-likeness (QED) is 0.547. The van der Waals surface area contributed by atoms with Gasteiger partial charge in [-0.2, -0.15) is 0 Å². The predicted molar refractivity (Wildman–Crippen MR) is 128 cm³/mol. The molecule has 30 heavy (non-hydrogen) atoms. The number of hydrogen-bond acceptors (Lipinski definition) is 4. The SMILES string of the molecule is COc1ccc(-c2nc3ccc(C4CCNCC4)cc3n2C(C)C)cc1OC.Cl.Cl. The molecule has 0 amide bonds. The fraction of sp³-hybridized carbons (Fsp3) is 0.435. The molecule has 0 saturated carbocycles. The van der Waals surface area contributed by atoms with Crippen LogP contribution in [-0.4, -0.2) is 36.9 Å². The number of halogens is 2. The van der Waals surface area contributed by atoms with Crippen molar-refractivity contribution in [1.29, 1.82) is 0 Å². The fourth-order valence-corrected chi connectivity index (χ4v) is 4.22. The summed E-state index contributed by atoms with van der Waals surface area (Å²) in [5, 5.41) is 3.46. The number of imidazole rings is 1. The number of rotatable bonds is 5. The van der Waals surface area contributed by atoms with E-state index >= 15 is 0 Å².